The Hall–Kier alpha value is -3.19. The first-order valence-electron chi connectivity index (χ1n) is 8.94. The normalized spacial score (nSPS) is 11.6. The van der Waals surface area contributed by atoms with Crippen molar-refractivity contribution in [3.05, 3.63) is 71.0 Å². The Bertz CT molecular complexity index is 972. The van der Waals surface area contributed by atoms with Gasteiger partial charge in [-0.2, -0.15) is 5.10 Å². The first-order valence-corrected chi connectivity index (χ1v) is 9.32. The maximum Gasteiger partial charge on any atom is 0.270 e. The van der Waals surface area contributed by atoms with Gasteiger partial charge in [-0.15, -0.1) is 0 Å². The fraction of sp³-hybridized carbons (Fsp3) is 0.238. The third kappa shape index (κ3) is 5.00. The molecule has 1 aromatic heterocycles. The second kappa shape index (κ2) is 9.34. The molecule has 0 radical (unpaired) electrons. The van der Waals surface area contributed by atoms with Crippen LogP contribution in [0, 0.1) is 0 Å². The number of hydrogen-bond acceptors (Lipinski definition) is 5. The number of carbonyl (C=O) groups is 1. The molecule has 0 saturated carbocycles. The molecule has 0 aliphatic rings. The highest BCUT2D eigenvalue weighted by Gasteiger charge is 2.19. The van der Waals surface area contributed by atoms with E-state index in [9.17, 15) is 4.79 Å². The summed E-state index contributed by atoms with van der Waals surface area (Å²) >= 11 is 5.87. The number of methoxy groups -OCH3 is 2. The lowest BCUT2D eigenvalue weighted by Gasteiger charge is -2.18. The van der Waals surface area contributed by atoms with E-state index in [0.29, 0.717) is 28.0 Å². The molecular weight excluding hydrogens is 394 g/mol. The Morgan fingerprint density at radius 2 is 1.83 bits per heavy atom. The van der Waals surface area contributed by atoms with Gasteiger partial charge in [0.15, 0.2) is 6.73 Å². The number of aromatic nitrogens is 2. The Kier molecular flexibility index (Phi) is 6.61. The van der Waals surface area contributed by atoms with Crippen LogP contribution in [-0.2, 0) is 6.73 Å². The number of carbonyl (C=O) groups excluding carboxylic acids is 1. The van der Waals surface area contributed by atoms with Crippen molar-refractivity contribution in [3.63, 3.8) is 0 Å². The minimum Gasteiger partial charge on any atom is -0.497 e. The van der Waals surface area contributed by atoms with Crippen LogP contribution in [0.4, 0.5) is 0 Å². The van der Waals surface area contributed by atoms with Crippen molar-refractivity contribution < 1.29 is 19.0 Å². The van der Waals surface area contributed by atoms with Crippen LogP contribution in [0.15, 0.2) is 54.7 Å². The van der Waals surface area contributed by atoms with E-state index in [1.807, 2.05) is 13.0 Å². The van der Waals surface area contributed by atoms with Gasteiger partial charge in [-0.05, 0) is 55.5 Å². The molecule has 3 rings (SSSR count). The largest absolute Gasteiger partial charge is 0.497 e. The fourth-order valence-corrected chi connectivity index (χ4v) is 2.95. The summed E-state index contributed by atoms with van der Waals surface area (Å²) in [6.07, 6.45) is 1.55. The molecule has 8 heteroatoms. The number of nitrogens with one attached hydrogen (secondary N) is 1. The van der Waals surface area contributed by atoms with Crippen LogP contribution in [0.3, 0.4) is 0 Å². The Balaban J connectivity index is 1.70. The summed E-state index contributed by atoms with van der Waals surface area (Å²) in [5, 5.41) is 7.76. The van der Waals surface area contributed by atoms with E-state index in [-0.39, 0.29) is 18.7 Å². The average Bonchev–Trinajstić information content (AvgIpc) is 3.21. The number of ether oxygens (including phenoxy) is 3. The van der Waals surface area contributed by atoms with Crippen molar-refractivity contribution in [1.82, 2.24) is 15.1 Å². The molecule has 0 saturated heterocycles. The summed E-state index contributed by atoms with van der Waals surface area (Å²) in [5.41, 5.74) is 1.19. The van der Waals surface area contributed by atoms with E-state index in [0.717, 1.165) is 5.56 Å². The second-order valence-corrected chi connectivity index (χ2v) is 6.68. The molecule has 1 atom stereocenters. The van der Waals surface area contributed by atoms with Gasteiger partial charge in [0.2, 0.25) is 0 Å². The molecule has 0 fully saturated rings. The van der Waals surface area contributed by atoms with Gasteiger partial charge in [-0.1, -0.05) is 11.6 Å². The third-order valence-corrected chi connectivity index (χ3v) is 4.62. The monoisotopic (exact) mass is 415 g/mol. The average molecular weight is 416 g/mol. The minimum absolute atomic E-state index is 0.0915. The van der Waals surface area contributed by atoms with Crippen LogP contribution in [0.1, 0.15) is 29.0 Å². The lowest BCUT2D eigenvalue weighted by molar-refractivity contribution is 0.0918. The van der Waals surface area contributed by atoms with E-state index in [2.05, 4.69) is 10.4 Å². The molecule has 152 valence electrons. The lowest BCUT2D eigenvalue weighted by Crippen LogP contribution is -2.29. The Labute approximate surface area is 174 Å². The summed E-state index contributed by atoms with van der Waals surface area (Å²) in [6.45, 7) is 1.97. The van der Waals surface area contributed by atoms with Gasteiger partial charge in [0.05, 0.1) is 20.3 Å². The number of rotatable bonds is 8. The SMILES string of the molecule is COc1ccc(OC)c(C(C)NC(=O)c2ccnn2COc2ccc(Cl)cc2)c1. The molecule has 2 aromatic carbocycles. The number of amides is 1. The number of hydrogen-bond donors (Lipinski definition) is 1. The van der Waals surface area contributed by atoms with Gasteiger partial charge in [0, 0.05) is 16.8 Å². The summed E-state index contributed by atoms with van der Waals surface area (Å²) in [5.74, 6) is 1.70. The number of nitrogens with zero attached hydrogens (tertiary/aromatic N) is 2. The van der Waals surface area contributed by atoms with Crippen molar-refractivity contribution in [1.29, 1.82) is 0 Å². The van der Waals surface area contributed by atoms with Crippen molar-refractivity contribution >= 4 is 17.5 Å². The van der Waals surface area contributed by atoms with Gasteiger partial charge >= 0.3 is 0 Å². The highest BCUT2D eigenvalue weighted by atomic mass is 35.5. The first-order chi connectivity index (χ1) is 14.0. The van der Waals surface area contributed by atoms with Gasteiger partial charge < -0.3 is 19.5 Å². The summed E-state index contributed by atoms with van der Waals surface area (Å²) in [6, 6.07) is 13.7. The van der Waals surface area contributed by atoms with Gasteiger partial charge in [-0.3, -0.25) is 4.79 Å². The molecule has 1 amide bonds. The van der Waals surface area contributed by atoms with Gasteiger partial charge in [0.1, 0.15) is 22.9 Å². The Morgan fingerprint density at radius 3 is 2.52 bits per heavy atom. The molecule has 1 N–H and O–H groups in total. The van der Waals surface area contributed by atoms with E-state index >= 15 is 0 Å². The van der Waals surface area contributed by atoms with Crippen molar-refractivity contribution in [2.45, 2.75) is 19.7 Å². The summed E-state index contributed by atoms with van der Waals surface area (Å²) < 4.78 is 17.8. The second-order valence-electron chi connectivity index (χ2n) is 6.25. The predicted octanol–water partition coefficient (Wildman–Crippen LogP) is 4.08. The molecule has 0 aliphatic heterocycles. The quantitative estimate of drug-likeness (QED) is 0.600. The van der Waals surface area contributed by atoms with Gasteiger partial charge in [0.25, 0.3) is 5.91 Å². The van der Waals surface area contributed by atoms with E-state index in [1.165, 1.54) is 4.68 Å². The van der Waals surface area contributed by atoms with Crippen molar-refractivity contribution in [2.24, 2.45) is 0 Å². The molecule has 0 aliphatic carbocycles. The summed E-state index contributed by atoms with van der Waals surface area (Å²) in [4.78, 5) is 12.8. The van der Waals surface area contributed by atoms with Crippen molar-refractivity contribution in [3.8, 4) is 17.2 Å². The first kappa shape index (κ1) is 20.5. The highest BCUT2D eigenvalue weighted by Crippen LogP contribution is 2.29. The molecule has 1 unspecified atom stereocenters. The highest BCUT2D eigenvalue weighted by molar-refractivity contribution is 6.30. The standard InChI is InChI=1S/C21H22ClN3O4/c1-14(18-12-17(27-2)8-9-20(18)28-3)24-21(26)19-10-11-23-25(19)13-29-16-6-4-15(22)5-7-16/h4-12,14H,13H2,1-3H3,(H,24,26). The van der Waals surface area contributed by atoms with Crippen LogP contribution in [0.5, 0.6) is 17.2 Å². The smallest absolute Gasteiger partial charge is 0.270 e. The van der Waals surface area contributed by atoms with Crippen LogP contribution in [-0.4, -0.2) is 29.9 Å². The number of benzene rings is 2. The predicted molar refractivity (Wildman–Crippen MR) is 110 cm³/mol. The van der Waals surface area contributed by atoms with E-state index in [1.54, 1.807) is 62.9 Å². The minimum atomic E-state index is -0.312. The molecule has 29 heavy (non-hydrogen) atoms. The zero-order chi connectivity index (χ0) is 20.8. The maximum absolute atomic E-state index is 12.8. The molecule has 1 heterocycles. The number of halogens is 1. The zero-order valence-electron chi connectivity index (χ0n) is 16.4. The van der Waals surface area contributed by atoms with E-state index in [4.69, 9.17) is 25.8 Å². The maximum atomic E-state index is 12.8. The molecular formula is C21H22ClN3O4. The summed E-state index contributed by atoms with van der Waals surface area (Å²) in [7, 11) is 3.18. The molecule has 0 bridgehead atoms. The molecule has 7 nitrogen and oxygen atoms in total. The Morgan fingerprint density at radius 1 is 1.10 bits per heavy atom. The van der Waals surface area contributed by atoms with Crippen LogP contribution in [0.2, 0.25) is 5.02 Å². The fourth-order valence-electron chi connectivity index (χ4n) is 2.82. The molecule has 3 aromatic rings. The lowest BCUT2D eigenvalue weighted by atomic mass is 10.1. The topological polar surface area (TPSA) is 74.6 Å². The van der Waals surface area contributed by atoms with Gasteiger partial charge in [-0.25, -0.2) is 4.68 Å². The zero-order valence-corrected chi connectivity index (χ0v) is 17.1. The van der Waals surface area contributed by atoms with Crippen LogP contribution in [0.25, 0.3) is 0 Å². The van der Waals surface area contributed by atoms with E-state index < -0.39 is 0 Å². The molecule has 0 spiro atoms. The van der Waals surface area contributed by atoms with Crippen LogP contribution < -0.4 is 19.5 Å². The van der Waals surface area contributed by atoms with Crippen LogP contribution >= 0.6 is 11.6 Å². The third-order valence-electron chi connectivity index (χ3n) is 4.37. The van der Waals surface area contributed by atoms with Crippen molar-refractivity contribution in [2.75, 3.05) is 14.2 Å².